The van der Waals surface area contributed by atoms with E-state index in [1.54, 1.807) is 30.6 Å². The van der Waals surface area contributed by atoms with Crippen LogP contribution in [0, 0.1) is 0 Å². The van der Waals surface area contributed by atoms with Crippen LogP contribution in [-0.4, -0.2) is 29.6 Å². The van der Waals surface area contributed by atoms with Crippen molar-refractivity contribution in [1.29, 1.82) is 0 Å². The highest BCUT2D eigenvalue weighted by Crippen LogP contribution is 2.16. The van der Waals surface area contributed by atoms with Crippen LogP contribution in [0.3, 0.4) is 0 Å². The second-order valence-corrected chi connectivity index (χ2v) is 5.69. The third-order valence-corrected chi connectivity index (χ3v) is 3.75. The van der Waals surface area contributed by atoms with Crippen molar-refractivity contribution in [3.8, 4) is 11.3 Å². The van der Waals surface area contributed by atoms with Gasteiger partial charge in [0.1, 0.15) is 5.69 Å². The van der Waals surface area contributed by atoms with Crippen LogP contribution in [0.5, 0.6) is 0 Å². The summed E-state index contributed by atoms with van der Waals surface area (Å²) in [4.78, 5) is 24.7. The lowest BCUT2D eigenvalue weighted by molar-refractivity contribution is 0.102. The monoisotopic (exact) mass is 339 g/mol. The number of aromatic nitrogens is 3. The third kappa shape index (κ3) is 3.67. The van der Waals surface area contributed by atoms with E-state index in [0.717, 1.165) is 5.56 Å². The number of hydrogen-bond donors (Lipinski definition) is 1. The van der Waals surface area contributed by atoms with Gasteiger partial charge >= 0.3 is 0 Å². The van der Waals surface area contributed by atoms with Gasteiger partial charge in [0, 0.05) is 28.5 Å². The molecule has 0 fully saturated rings. The molecule has 0 aliphatic carbocycles. The van der Waals surface area contributed by atoms with Gasteiger partial charge in [-0.15, -0.1) is 0 Å². The lowest BCUT2D eigenvalue weighted by atomic mass is 10.2. The van der Waals surface area contributed by atoms with E-state index < -0.39 is 17.0 Å². The van der Waals surface area contributed by atoms with Gasteiger partial charge in [-0.25, -0.2) is 4.98 Å². The minimum atomic E-state index is -2.36. The summed E-state index contributed by atoms with van der Waals surface area (Å²) in [6.07, 6.45) is 6.14. The zero-order valence-corrected chi connectivity index (χ0v) is 13.1. The number of carbonyl (C=O) groups is 1. The molecule has 8 heteroatoms. The van der Waals surface area contributed by atoms with Crippen LogP contribution in [0.4, 0.5) is 5.69 Å². The molecule has 0 saturated heterocycles. The lowest BCUT2D eigenvalue weighted by Crippen LogP contribution is -2.14. The SMILES string of the molecule is O=C(Nc1cccc(S(=O)[O-])c1)c1cncc(-c2cccnc2)n1. The zero-order chi connectivity index (χ0) is 16.9. The molecule has 1 amide bonds. The number of nitrogens with zero attached hydrogens (tertiary/aromatic N) is 3. The first-order valence-electron chi connectivity index (χ1n) is 6.86. The number of anilines is 1. The fraction of sp³-hybridized carbons (Fsp3) is 0. The second kappa shape index (κ2) is 7.07. The molecule has 2 heterocycles. The molecule has 0 spiro atoms. The van der Waals surface area contributed by atoms with E-state index in [2.05, 4.69) is 20.3 Å². The Labute approximate surface area is 140 Å². The topological polar surface area (TPSA) is 108 Å². The molecule has 1 aromatic carbocycles. The molecule has 0 aliphatic rings. The first-order chi connectivity index (χ1) is 11.6. The standard InChI is InChI=1S/C16H12N4O3S/c21-16(19-12-4-1-5-13(7-12)24(22)23)15-10-18-9-14(20-15)11-3-2-6-17-8-11/h1-10H,(H,19,21)(H,22,23)/p-1. The third-order valence-electron chi connectivity index (χ3n) is 3.11. The number of nitrogens with one attached hydrogen (secondary N) is 1. The Morgan fingerprint density at radius 3 is 2.71 bits per heavy atom. The van der Waals surface area contributed by atoms with Crippen molar-refractivity contribution < 1.29 is 13.6 Å². The quantitative estimate of drug-likeness (QED) is 0.729. The highest BCUT2D eigenvalue weighted by Gasteiger charge is 2.10. The summed E-state index contributed by atoms with van der Waals surface area (Å²) in [5.74, 6) is -0.484. The summed E-state index contributed by atoms with van der Waals surface area (Å²) in [6.45, 7) is 0. The van der Waals surface area contributed by atoms with Crippen LogP contribution < -0.4 is 5.32 Å². The second-order valence-electron chi connectivity index (χ2n) is 4.75. The summed E-state index contributed by atoms with van der Waals surface area (Å²) in [5, 5.41) is 2.60. The molecule has 7 nitrogen and oxygen atoms in total. The summed E-state index contributed by atoms with van der Waals surface area (Å²) >= 11 is -2.36. The maximum atomic E-state index is 12.3. The normalized spacial score (nSPS) is 11.7. The van der Waals surface area contributed by atoms with Gasteiger partial charge in [0.05, 0.1) is 18.1 Å². The van der Waals surface area contributed by atoms with E-state index in [1.807, 2.05) is 6.07 Å². The van der Waals surface area contributed by atoms with Gasteiger partial charge in [-0.3, -0.25) is 19.0 Å². The lowest BCUT2D eigenvalue weighted by Gasteiger charge is -2.09. The fourth-order valence-electron chi connectivity index (χ4n) is 2.00. The minimum Gasteiger partial charge on any atom is -0.768 e. The van der Waals surface area contributed by atoms with Crippen molar-refractivity contribution in [2.24, 2.45) is 0 Å². The highest BCUT2D eigenvalue weighted by atomic mass is 32.2. The number of benzene rings is 1. The maximum Gasteiger partial charge on any atom is 0.275 e. The van der Waals surface area contributed by atoms with Crippen molar-refractivity contribution in [3.63, 3.8) is 0 Å². The smallest absolute Gasteiger partial charge is 0.275 e. The van der Waals surface area contributed by atoms with E-state index in [0.29, 0.717) is 11.4 Å². The Bertz CT molecular complexity index is 903. The van der Waals surface area contributed by atoms with Gasteiger partial charge in [-0.05, 0) is 41.4 Å². The van der Waals surface area contributed by atoms with E-state index in [-0.39, 0.29) is 10.6 Å². The van der Waals surface area contributed by atoms with Gasteiger partial charge in [-0.1, -0.05) is 6.07 Å². The van der Waals surface area contributed by atoms with Crippen LogP contribution in [0.15, 0.2) is 66.1 Å². The first-order valence-corrected chi connectivity index (χ1v) is 7.94. The predicted molar refractivity (Wildman–Crippen MR) is 86.8 cm³/mol. The van der Waals surface area contributed by atoms with Crippen LogP contribution >= 0.6 is 0 Å². The summed E-state index contributed by atoms with van der Waals surface area (Å²) in [6, 6.07) is 9.50. The van der Waals surface area contributed by atoms with E-state index >= 15 is 0 Å². The Kier molecular flexibility index (Phi) is 4.69. The summed E-state index contributed by atoms with van der Waals surface area (Å²) in [7, 11) is 0. The largest absolute Gasteiger partial charge is 0.768 e. The van der Waals surface area contributed by atoms with Gasteiger partial charge in [0.15, 0.2) is 0 Å². The molecule has 2 aromatic heterocycles. The number of hydrogen-bond acceptors (Lipinski definition) is 6. The molecule has 120 valence electrons. The summed E-state index contributed by atoms with van der Waals surface area (Å²) in [5.41, 5.74) is 1.73. The molecule has 24 heavy (non-hydrogen) atoms. The van der Waals surface area contributed by atoms with Crippen molar-refractivity contribution in [2.75, 3.05) is 5.32 Å². The Morgan fingerprint density at radius 1 is 1.08 bits per heavy atom. The fourth-order valence-corrected chi connectivity index (χ4v) is 2.41. The average molecular weight is 339 g/mol. The average Bonchev–Trinajstić information content (AvgIpc) is 2.63. The van der Waals surface area contributed by atoms with E-state index in [1.165, 1.54) is 24.5 Å². The van der Waals surface area contributed by atoms with Crippen LogP contribution in [0.1, 0.15) is 10.5 Å². The molecule has 0 bridgehead atoms. The molecule has 3 aromatic rings. The molecule has 1 N–H and O–H groups in total. The molecular weight excluding hydrogens is 328 g/mol. The Morgan fingerprint density at radius 2 is 1.96 bits per heavy atom. The Hall–Kier alpha value is -2.97. The van der Waals surface area contributed by atoms with E-state index in [9.17, 15) is 13.6 Å². The van der Waals surface area contributed by atoms with Gasteiger partial charge in [-0.2, -0.15) is 0 Å². The Balaban J connectivity index is 1.83. The summed E-state index contributed by atoms with van der Waals surface area (Å²) < 4.78 is 21.9. The number of rotatable bonds is 4. The van der Waals surface area contributed by atoms with Gasteiger partial charge in [0.2, 0.25) is 0 Å². The van der Waals surface area contributed by atoms with E-state index in [4.69, 9.17) is 0 Å². The van der Waals surface area contributed by atoms with Crippen molar-refractivity contribution in [2.45, 2.75) is 4.90 Å². The minimum absolute atomic E-state index is 0.0861. The number of pyridine rings is 1. The maximum absolute atomic E-state index is 12.3. The van der Waals surface area contributed by atoms with Gasteiger partial charge in [0.25, 0.3) is 5.91 Å². The van der Waals surface area contributed by atoms with Gasteiger partial charge < -0.3 is 9.87 Å². The predicted octanol–water partition coefficient (Wildman–Crippen LogP) is 2.03. The number of carbonyl (C=O) groups excluding carboxylic acids is 1. The highest BCUT2D eigenvalue weighted by molar-refractivity contribution is 7.79. The van der Waals surface area contributed by atoms with Crippen LogP contribution in [0.25, 0.3) is 11.3 Å². The molecular formula is C16H11N4O3S-. The van der Waals surface area contributed by atoms with Crippen molar-refractivity contribution in [3.05, 3.63) is 66.9 Å². The van der Waals surface area contributed by atoms with Crippen LogP contribution in [-0.2, 0) is 11.1 Å². The molecule has 3 rings (SSSR count). The van der Waals surface area contributed by atoms with Crippen molar-refractivity contribution in [1.82, 2.24) is 15.0 Å². The number of amides is 1. The zero-order valence-electron chi connectivity index (χ0n) is 12.2. The van der Waals surface area contributed by atoms with Crippen LogP contribution in [0.2, 0.25) is 0 Å². The molecule has 0 aliphatic heterocycles. The molecule has 0 radical (unpaired) electrons. The molecule has 1 atom stereocenters. The first kappa shape index (κ1) is 15.9. The van der Waals surface area contributed by atoms with Crippen molar-refractivity contribution >= 4 is 22.7 Å². The molecule has 0 saturated carbocycles. The molecule has 1 unspecified atom stereocenters.